The summed E-state index contributed by atoms with van der Waals surface area (Å²) >= 11 is 0. The number of benzene rings is 2. The van der Waals surface area contributed by atoms with Crippen molar-refractivity contribution >= 4 is 44.7 Å². The fourth-order valence-electron chi connectivity index (χ4n) is 5.33. The quantitative estimate of drug-likeness (QED) is 0.240. The van der Waals surface area contributed by atoms with Crippen molar-refractivity contribution in [1.82, 2.24) is 14.8 Å². The molecule has 0 spiro atoms. The minimum Gasteiger partial charge on any atom is -0.496 e. The molecule has 13 heteroatoms. The van der Waals surface area contributed by atoms with E-state index < -0.39 is 26.4 Å². The molecule has 0 bridgehead atoms. The summed E-state index contributed by atoms with van der Waals surface area (Å²) in [6.07, 6.45) is 1.63. The summed E-state index contributed by atoms with van der Waals surface area (Å²) in [5, 5.41) is 14.0. The third-order valence-corrected chi connectivity index (χ3v) is 9.39. The van der Waals surface area contributed by atoms with Gasteiger partial charge < -0.3 is 24.8 Å². The molecule has 42 heavy (non-hydrogen) atoms. The summed E-state index contributed by atoms with van der Waals surface area (Å²) in [5.41, 5.74) is 3.52. The highest BCUT2D eigenvalue weighted by Gasteiger charge is 2.30. The van der Waals surface area contributed by atoms with Gasteiger partial charge in [0, 0.05) is 66.5 Å². The number of carbonyl (C=O) groups excluding carboxylic acids is 2. The van der Waals surface area contributed by atoms with Crippen LogP contribution in [-0.4, -0.2) is 80.3 Å². The number of aromatic nitrogens is 1. The van der Waals surface area contributed by atoms with Gasteiger partial charge in [0.15, 0.2) is 9.84 Å². The number of nitro groups is 1. The van der Waals surface area contributed by atoms with E-state index in [0.29, 0.717) is 46.9 Å². The monoisotopic (exact) mass is 593 g/mol. The Morgan fingerprint density at radius 2 is 1.83 bits per heavy atom. The number of carbonyl (C=O) groups is 2. The number of fused-ring (bicyclic) bond motifs is 1. The second-order valence-corrected chi connectivity index (χ2v) is 12.5. The molecule has 1 saturated heterocycles. The molecule has 0 unspecified atom stereocenters. The van der Waals surface area contributed by atoms with Crippen LogP contribution in [0.2, 0.25) is 0 Å². The number of methoxy groups -OCH3 is 1. The number of nitrogens with zero attached hydrogens (tertiary/aromatic N) is 3. The number of ether oxygens (including phenoxy) is 1. The lowest BCUT2D eigenvalue weighted by molar-refractivity contribution is -0.384. The van der Waals surface area contributed by atoms with E-state index in [9.17, 15) is 28.1 Å². The van der Waals surface area contributed by atoms with Crippen LogP contribution in [0, 0.1) is 24.0 Å². The lowest BCUT2D eigenvalue weighted by Gasteiger charge is -2.32. The third-order valence-electron chi connectivity index (χ3n) is 7.72. The molecule has 1 aromatic heterocycles. The highest BCUT2D eigenvalue weighted by Crippen LogP contribution is 2.37. The van der Waals surface area contributed by atoms with Crippen LogP contribution in [-0.2, 0) is 20.4 Å². The summed E-state index contributed by atoms with van der Waals surface area (Å²) in [6.45, 7) is 6.48. The second-order valence-electron chi connectivity index (χ2n) is 10.5. The predicted octanol–water partition coefficient (Wildman–Crippen LogP) is 3.40. The number of aromatic amines is 1. The van der Waals surface area contributed by atoms with E-state index in [-0.39, 0.29) is 33.4 Å². The molecule has 2 N–H and O–H groups in total. The Bertz CT molecular complexity index is 1750. The zero-order chi connectivity index (χ0) is 30.3. The minimum atomic E-state index is -3.99. The maximum absolute atomic E-state index is 13.4. The Kier molecular flexibility index (Phi) is 7.64. The first-order valence-electron chi connectivity index (χ1n) is 13.3. The molecular formula is C29H31N5O7S. The molecular weight excluding hydrogens is 562 g/mol. The zero-order valence-corrected chi connectivity index (χ0v) is 24.5. The van der Waals surface area contributed by atoms with E-state index in [2.05, 4.69) is 15.2 Å². The molecule has 3 aromatic rings. The number of anilines is 1. The highest BCUT2D eigenvalue weighted by atomic mass is 32.2. The first-order chi connectivity index (χ1) is 19.9. The lowest BCUT2D eigenvalue weighted by atomic mass is 10.0. The van der Waals surface area contributed by atoms with Gasteiger partial charge in [0.05, 0.1) is 33.8 Å². The van der Waals surface area contributed by atoms with Gasteiger partial charge in [-0.3, -0.25) is 19.7 Å². The zero-order valence-electron chi connectivity index (χ0n) is 23.7. The maximum Gasteiger partial charge on any atom is 0.270 e. The number of hydrogen-bond acceptors (Lipinski definition) is 8. The van der Waals surface area contributed by atoms with Crippen molar-refractivity contribution in [2.24, 2.45) is 0 Å². The predicted molar refractivity (Wildman–Crippen MR) is 157 cm³/mol. The summed E-state index contributed by atoms with van der Waals surface area (Å²) in [7, 11) is -0.617. The SMILES string of the molecule is COc1ccc([N+](=O)[O-])cc1CS(=O)(=O)c1ccc2c(c1)/C(=C/c1[nH]c(C)c(C(=O)N3CCN(C)CC3)c1C)C(=O)N2. The maximum atomic E-state index is 13.4. The van der Waals surface area contributed by atoms with Gasteiger partial charge >= 0.3 is 0 Å². The summed E-state index contributed by atoms with van der Waals surface area (Å²) in [4.78, 5) is 44.1. The van der Waals surface area contributed by atoms with Gasteiger partial charge in [-0.2, -0.15) is 0 Å². The number of non-ortho nitro benzene ring substituents is 1. The summed E-state index contributed by atoms with van der Waals surface area (Å²) in [6, 6.07) is 8.10. The molecule has 12 nitrogen and oxygen atoms in total. The number of likely N-dealkylation sites (N-methyl/N-ethyl adjacent to an activating group) is 1. The first kappa shape index (κ1) is 29.0. The molecule has 0 atom stereocenters. The van der Waals surface area contributed by atoms with Crippen LogP contribution in [0.25, 0.3) is 11.6 Å². The number of H-pyrrole nitrogens is 1. The molecule has 0 saturated carbocycles. The number of sulfone groups is 1. The van der Waals surface area contributed by atoms with Crippen molar-refractivity contribution in [1.29, 1.82) is 0 Å². The standard InChI is InChI=1S/C29H31N5O7S/c1-17-25(30-18(2)27(17)29(36)33-11-9-32(3)10-12-33)15-23-22-14-21(6-7-24(22)31-28(23)35)42(39,40)16-19-13-20(34(37)38)5-8-26(19)41-4/h5-8,13-15,30H,9-12,16H2,1-4H3,(H,31,35)/b23-15-. The molecule has 2 aliphatic heterocycles. The van der Waals surface area contributed by atoms with Gasteiger partial charge in [0.2, 0.25) is 0 Å². The van der Waals surface area contributed by atoms with Crippen molar-refractivity contribution in [3.63, 3.8) is 0 Å². The van der Waals surface area contributed by atoms with E-state index in [4.69, 9.17) is 4.74 Å². The van der Waals surface area contributed by atoms with E-state index in [1.54, 1.807) is 6.08 Å². The van der Waals surface area contributed by atoms with Gasteiger partial charge in [0.25, 0.3) is 17.5 Å². The van der Waals surface area contributed by atoms with Crippen LogP contribution in [0.5, 0.6) is 5.75 Å². The van der Waals surface area contributed by atoms with Crippen LogP contribution in [0.1, 0.15) is 38.4 Å². The molecule has 220 valence electrons. The summed E-state index contributed by atoms with van der Waals surface area (Å²) in [5.74, 6) is -0.801. The largest absolute Gasteiger partial charge is 0.496 e. The van der Waals surface area contributed by atoms with Crippen LogP contribution in [0.3, 0.4) is 0 Å². The molecule has 2 aliphatic rings. The first-order valence-corrected chi connectivity index (χ1v) is 14.9. The molecule has 5 rings (SSSR count). The molecule has 2 aromatic carbocycles. The number of aryl methyl sites for hydroxylation is 1. The van der Waals surface area contributed by atoms with E-state index in [1.165, 1.54) is 43.5 Å². The number of amides is 2. The van der Waals surface area contributed by atoms with Gasteiger partial charge in [0.1, 0.15) is 5.75 Å². The van der Waals surface area contributed by atoms with Crippen molar-refractivity contribution in [3.05, 3.63) is 80.2 Å². The van der Waals surface area contributed by atoms with Crippen molar-refractivity contribution in [3.8, 4) is 5.75 Å². The number of hydrogen-bond donors (Lipinski definition) is 2. The van der Waals surface area contributed by atoms with Gasteiger partial charge in [-0.15, -0.1) is 0 Å². The van der Waals surface area contributed by atoms with E-state index in [1.807, 2.05) is 25.8 Å². The number of rotatable bonds is 7. The number of piperazine rings is 1. The average molecular weight is 594 g/mol. The average Bonchev–Trinajstić information content (AvgIpc) is 3.41. The fourth-order valence-corrected chi connectivity index (χ4v) is 6.71. The normalized spacial score (nSPS) is 16.4. The fraction of sp³-hybridized carbons (Fsp3) is 0.310. The third kappa shape index (κ3) is 5.40. The minimum absolute atomic E-state index is 0.0532. The number of nitrogens with one attached hydrogen (secondary N) is 2. The molecule has 3 heterocycles. The highest BCUT2D eigenvalue weighted by molar-refractivity contribution is 7.90. The molecule has 1 fully saturated rings. The molecule has 0 aliphatic carbocycles. The van der Waals surface area contributed by atoms with Crippen molar-refractivity contribution in [2.75, 3.05) is 45.7 Å². The second kappa shape index (κ2) is 11.1. The topological polar surface area (TPSA) is 155 Å². The Morgan fingerprint density at radius 1 is 1.12 bits per heavy atom. The van der Waals surface area contributed by atoms with E-state index >= 15 is 0 Å². The molecule has 0 radical (unpaired) electrons. The van der Waals surface area contributed by atoms with Gasteiger partial charge in [-0.25, -0.2) is 8.42 Å². The van der Waals surface area contributed by atoms with Crippen LogP contribution < -0.4 is 10.1 Å². The van der Waals surface area contributed by atoms with Crippen molar-refractivity contribution < 1.29 is 27.7 Å². The van der Waals surface area contributed by atoms with Crippen LogP contribution in [0.15, 0.2) is 41.3 Å². The summed E-state index contributed by atoms with van der Waals surface area (Å²) < 4.78 is 32.1. The van der Waals surface area contributed by atoms with Crippen molar-refractivity contribution in [2.45, 2.75) is 24.5 Å². The number of nitro benzene ring substituents is 1. The van der Waals surface area contributed by atoms with Gasteiger partial charge in [-0.1, -0.05) is 0 Å². The van der Waals surface area contributed by atoms with E-state index in [0.717, 1.165) is 13.1 Å². The molecule has 2 amide bonds. The Morgan fingerprint density at radius 3 is 2.50 bits per heavy atom. The lowest BCUT2D eigenvalue weighted by Crippen LogP contribution is -2.47. The Hall–Kier alpha value is -4.49. The van der Waals surface area contributed by atoms with Gasteiger partial charge in [-0.05, 0) is 56.8 Å². The Labute approximate surface area is 243 Å². The van der Waals surface area contributed by atoms with Crippen LogP contribution in [0.4, 0.5) is 11.4 Å². The smallest absolute Gasteiger partial charge is 0.270 e. The van der Waals surface area contributed by atoms with Crippen LogP contribution >= 0.6 is 0 Å². The Balaban J connectivity index is 1.48.